The molecule has 1 aromatic heterocycles. The third-order valence-electron chi connectivity index (χ3n) is 12.3. The maximum absolute atomic E-state index is 14.9. The maximum atomic E-state index is 14.9. The summed E-state index contributed by atoms with van der Waals surface area (Å²) in [5, 5.41) is 45.7. The molecule has 2 aliphatic heterocycles. The summed E-state index contributed by atoms with van der Waals surface area (Å²) in [6, 6.07) is 1.85. The molecule has 3 heterocycles. The van der Waals surface area contributed by atoms with Crippen LogP contribution in [0.15, 0.2) is 23.0 Å². The van der Waals surface area contributed by atoms with Gasteiger partial charge in [0.2, 0.25) is 0 Å². The van der Waals surface area contributed by atoms with Crippen LogP contribution < -0.4 is 0 Å². The monoisotopic (exact) mass is 532 g/mol. The van der Waals surface area contributed by atoms with Crippen molar-refractivity contribution in [3.05, 3.63) is 24.2 Å². The zero-order chi connectivity index (χ0) is 27.2. The second-order valence-corrected chi connectivity index (χ2v) is 13.3. The van der Waals surface area contributed by atoms with E-state index in [1.807, 2.05) is 19.9 Å². The Morgan fingerprint density at radius 1 is 1.03 bits per heavy atom. The standard InChI is InChI=1S/C28H36O10/c1-12(29)37-22-20(33)21-26(4,28-19(38-28)7-14(25(22,28)3)13-5-6-35-10-13)17(31)8-15-24(2)16(30)9-18(32)27(15,21)11-36-23(24)34/h5-6,10,14-19,21-23,30-32,34H,7-9,11H2,1-4H3/t14-,15-,16+,17+,18-,19+,21-,22-,23-,24+,25+,26+,27+,28+/m0/s1. The molecule has 208 valence electrons. The fourth-order valence-corrected chi connectivity index (χ4v) is 10.6. The summed E-state index contributed by atoms with van der Waals surface area (Å²) in [7, 11) is 0. The smallest absolute Gasteiger partial charge is 0.303 e. The number of carbonyl (C=O) groups is 2. The van der Waals surface area contributed by atoms with Crippen molar-refractivity contribution >= 4 is 11.8 Å². The van der Waals surface area contributed by atoms with Crippen molar-refractivity contribution in [3.63, 3.8) is 0 Å². The van der Waals surface area contributed by atoms with Crippen molar-refractivity contribution in [2.75, 3.05) is 6.61 Å². The Hall–Kier alpha value is -1.82. The third-order valence-corrected chi connectivity index (χ3v) is 12.3. The molecule has 0 aromatic carbocycles. The Morgan fingerprint density at radius 2 is 1.76 bits per heavy atom. The van der Waals surface area contributed by atoms with Gasteiger partial charge in [-0.3, -0.25) is 9.59 Å². The summed E-state index contributed by atoms with van der Waals surface area (Å²) in [5.74, 6) is -2.87. The van der Waals surface area contributed by atoms with Gasteiger partial charge in [0.05, 0.1) is 49.0 Å². The first-order valence-electron chi connectivity index (χ1n) is 13.6. The van der Waals surface area contributed by atoms with Crippen LogP contribution in [-0.2, 0) is 23.8 Å². The van der Waals surface area contributed by atoms with E-state index in [9.17, 15) is 30.0 Å². The van der Waals surface area contributed by atoms with Gasteiger partial charge in [-0.2, -0.15) is 0 Å². The Morgan fingerprint density at radius 3 is 2.42 bits per heavy atom. The fraction of sp³-hybridized carbons (Fsp3) is 0.786. The van der Waals surface area contributed by atoms with Crippen LogP contribution in [0.5, 0.6) is 0 Å². The van der Waals surface area contributed by atoms with E-state index in [0.29, 0.717) is 6.42 Å². The maximum Gasteiger partial charge on any atom is 0.303 e. The minimum Gasteiger partial charge on any atom is -0.472 e. The summed E-state index contributed by atoms with van der Waals surface area (Å²) in [5.41, 5.74) is -4.77. The van der Waals surface area contributed by atoms with Gasteiger partial charge in [-0.1, -0.05) is 20.8 Å². The van der Waals surface area contributed by atoms with Gasteiger partial charge in [0.25, 0.3) is 0 Å². The number of furan rings is 1. The van der Waals surface area contributed by atoms with Crippen LogP contribution in [0.1, 0.15) is 58.4 Å². The van der Waals surface area contributed by atoms with Crippen LogP contribution in [0.3, 0.4) is 0 Å². The minimum absolute atomic E-state index is 0.0478. The summed E-state index contributed by atoms with van der Waals surface area (Å²) in [6.07, 6.45) is -2.28. The van der Waals surface area contributed by atoms with E-state index >= 15 is 0 Å². The molecule has 4 saturated carbocycles. The SMILES string of the molecule is CC(=O)O[C@H]1C(=O)[C@@H]2[C@@]34CO[C@H](O)[C@@](C)([C@H](O)C[C@@H]3O)[C@@H]4C[C@@H](O)[C@@]2(C)[C@@]23O[C@@H]2C[C@@H](c2ccoc2)[C@]13C. The normalized spacial score (nSPS) is 58.3. The first-order valence-corrected chi connectivity index (χ1v) is 13.6. The van der Waals surface area contributed by atoms with Crippen molar-refractivity contribution in [2.24, 2.45) is 33.5 Å². The number of rotatable bonds is 2. The quantitative estimate of drug-likeness (QED) is 0.318. The lowest BCUT2D eigenvalue weighted by atomic mass is 9.33. The fourth-order valence-electron chi connectivity index (χ4n) is 10.6. The lowest BCUT2D eigenvalue weighted by Crippen LogP contribution is -2.82. The predicted molar refractivity (Wildman–Crippen MR) is 127 cm³/mol. The molecule has 1 spiro atoms. The molecule has 6 aliphatic rings. The minimum atomic E-state index is -1.33. The number of aliphatic hydroxyl groups excluding tert-OH is 4. The highest BCUT2D eigenvalue weighted by Crippen LogP contribution is 2.82. The van der Waals surface area contributed by atoms with E-state index in [4.69, 9.17) is 18.6 Å². The first kappa shape index (κ1) is 25.2. The average molecular weight is 533 g/mol. The van der Waals surface area contributed by atoms with Crippen LogP contribution in [-0.4, -0.2) is 81.2 Å². The Kier molecular flexibility index (Phi) is 4.82. The molecule has 6 fully saturated rings. The zero-order valence-electron chi connectivity index (χ0n) is 22.0. The largest absolute Gasteiger partial charge is 0.472 e. The topological polar surface area (TPSA) is 159 Å². The van der Waals surface area contributed by atoms with Gasteiger partial charge in [0.15, 0.2) is 18.2 Å². The van der Waals surface area contributed by atoms with Crippen molar-refractivity contribution in [1.29, 1.82) is 0 Å². The van der Waals surface area contributed by atoms with Crippen molar-refractivity contribution in [3.8, 4) is 0 Å². The highest BCUT2D eigenvalue weighted by molar-refractivity contribution is 5.92. The number of hydrogen-bond acceptors (Lipinski definition) is 10. The highest BCUT2D eigenvalue weighted by Gasteiger charge is 2.92. The summed E-state index contributed by atoms with van der Waals surface area (Å²) in [4.78, 5) is 27.4. The molecule has 0 amide bonds. The molecule has 4 N–H and O–H groups in total. The number of aliphatic hydroxyl groups is 4. The molecule has 10 heteroatoms. The molecule has 1 aromatic rings. The summed E-state index contributed by atoms with van der Waals surface area (Å²) >= 11 is 0. The first-order chi connectivity index (χ1) is 17.8. The van der Waals surface area contributed by atoms with Crippen LogP contribution in [0, 0.1) is 33.5 Å². The van der Waals surface area contributed by atoms with Gasteiger partial charge >= 0.3 is 5.97 Å². The van der Waals surface area contributed by atoms with E-state index in [1.54, 1.807) is 19.5 Å². The van der Waals surface area contributed by atoms with Gasteiger partial charge in [-0.05, 0) is 30.4 Å². The number of Topliss-reactive ketones (excluding diaryl/α,β-unsaturated/α-hetero) is 1. The number of ether oxygens (including phenoxy) is 3. The molecule has 14 atom stereocenters. The van der Waals surface area contributed by atoms with E-state index < -0.39 is 75.8 Å². The number of epoxide rings is 1. The lowest BCUT2D eigenvalue weighted by molar-refractivity contribution is -0.373. The third kappa shape index (κ3) is 2.36. The van der Waals surface area contributed by atoms with Crippen molar-refractivity contribution in [1.82, 2.24) is 0 Å². The lowest BCUT2D eigenvalue weighted by Gasteiger charge is -2.72. The highest BCUT2D eigenvalue weighted by atomic mass is 16.6. The molecule has 2 saturated heterocycles. The second-order valence-electron chi connectivity index (χ2n) is 13.3. The van der Waals surface area contributed by atoms with Gasteiger partial charge < -0.3 is 39.1 Å². The molecule has 2 bridgehead atoms. The number of hydrogen-bond donors (Lipinski definition) is 4. The molecule has 38 heavy (non-hydrogen) atoms. The molecule has 0 unspecified atom stereocenters. The van der Waals surface area contributed by atoms with E-state index in [-0.39, 0.29) is 37.3 Å². The number of fused-ring (bicyclic) bond motifs is 1. The summed E-state index contributed by atoms with van der Waals surface area (Å²) < 4.78 is 23.7. The Balaban J connectivity index is 1.47. The van der Waals surface area contributed by atoms with E-state index in [2.05, 4.69) is 0 Å². The van der Waals surface area contributed by atoms with Crippen molar-refractivity contribution in [2.45, 2.75) is 95.3 Å². The van der Waals surface area contributed by atoms with Gasteiger partial charge in [0, 0.05) is 41.4 Å². The number of esters is 1. The molecular formula is C28H36O10. The van der Waals surface area contributed by atoms with Crippen LogP contribution >= 0.6 is 0 Å². The number of carbonyl (C=O) groups excluding carboxylic acids is 2. The van der Waals surface area contributed by atoms with Gasteiger partial charge in [-0.15, -0.1) is 0 Å². The zero-order valence-corrected chi connectivity index (χ0v) is 22.0. The molecule has 10 nitrogen and oxygen atoms in total. The van der Waals surface area contributed by atoms with Gasteiger partial charge in [0.1, 0.15) is 5.60 Å². The van der Waals surface area contributed by atoms with Crippen LogP contribution in [0.25, 0.3) is 0 Å². The number of ketones is 1. The molecule has 4 aliphatic carbocycles. The molecule has 7 rings (SSSR count). The Labute approximate surface area is 220 Å². The summed E-state index contributed by atoms with van der Waals surface area (Å²) in [6.45, 7) is 6.61. The van der Waals surface area contributed by atoms with Gasteiger partial charge in [-0.25, -0.2) is 0 Å². The molecule has 0 radical (unpaired) electrons. The predicted octanol–water partition coefficient (Wildman–Crippen LogP) is 0.895. The molecular weight excluding hydrogens is 496 g/mol. The van der Waals surface area contributed by atoms with E-state index in [0.717, 1.165) is 5.56 Å². The van der Waals surface area contributed by atoms with E-state index in [1.165, 1.54) is 6.92 Å². The van der Waals surface area contributed by atoms with Crippen LogP contribution in [0.4, 0.5) is 0 Å². The average Bonchev–Trinajstić information content (AvgIpc) is 3.22. The Bertz CT molecular complexity index is 1200. The van der Waals surface area contributed by atoms with Crippen molar-refractivity contribution < 1.29 is 48.6 Å². The second kappa shape index (κ2) is 7.27. The van der Waals surface area contributed by atoms with Crippen LogP contribution in [0.2, 0.25) is 0 Å².